The Hall–Kier alpha value is -1.00. The maximum atomic E-state index is 5.74. The van der Waals surface area contributed by atoms with Crippen molar-refractivity contribution in [2.75, 3.05) is 19.6 Å². The van der Waals surface area contributed by atoms with Gasteiger partial charge < -0.3 is 5.73 Å². The van der Waals surface area contributed by atoms with E-state index in [0.29, 0.717) is 6.54 Å². The molecular formula is C12H22N4. The van der Waals surface area contributed by atoms with E-state index in [9.17, 15) is 0 Å². The van der Waals surface area contributed by atoms with Crippen molar-refractivity contribution >= 4 is 0 Å². The Morgan fingerprint density at radius 2 is 1.94 bits per heavy atom. The normalized spacial score (nSPS) is 12.1. The molecule has 1 heterocycles. The summed E-state index contributed by atoms with van der Waals surface area (Å²) >= 11 is 0. The van der Waals surface area contributed by atoms with Gasteiger partial charge in [-0.2, -0.15) is 0 Å². The van der Waals surface area contributed by atoms with Crippen LogP contribution in [0.25, 0.3) is 0 Å². The van der Waals surface area contributed by atoms with Gasteiger partial charge in [0.05, 0.1) is 6.54 Å². The maximum Gasteiger partial charge on any atom is 0.142 e. The van der Waals surface area contributed by atoms with Crippen molar-refractivity contribution < 1.29 is 0 Å². The van der Waals surface area contributed by atoms with Crippen LogP contribution in [-0.4, -0.2) is 34.5 Å². The molecule has 1 aromatic rings. The van der Waals surface area contributed by atoms with Gasteiger partial charge in [0, 0.05) is 18.9 Å². The minimum Gasteiger partial charge on any atom is -0.330 e. The monoisotopic (exact) mass is 222 g/mol. The Morgan fingerprint density at radius 3 is 2.44 bits per heavy atom. The van der Waals surface area contributed by atoms with Gasteiger partial charge >= 0.3 is 0 Å². The van der Waals surface area contributed by atoms with Crippen LogP contribution in [0.2, 0.25) is 0 Å². The standard InChI is InChI=1S/C12H22N4/c1-4-16(10-12(2,3)9-13)8-11-14-6-5-7-15-11/h5-7H,4,8-10,13H2,1-3H3. The molecule has 4 nitrogen and oxygen atoms in total. The first kappa shape index (κ1) is 13.1. The van der Waals surface area contributed by atoms with Crippen LogP contribution in [0, 0.1) is 5.41 Å². The van der Waals surface area contributed by atoms with Crippen molar-refractivity contribution in [3.63, 3.8) is 0 Å². The zero-order valence-electron chi connectivity index (χ0n) is 10.5. The third kappa shape index (κ3) is 4.24. The first-order valence-corrected chi connectivity index (χ1v) is 5.75. The van der Waals surface area contributed by atoms with E-state index in [1.54, 1.807) is 12.4 Å². The van der Waals surface area contributed by atoms with Gasteiger partial charge in [-0.05, 0) is 24.6 Å². The molecule has 2 N–H and O–H groups in total. The molecule has 0 fully saturated rings. The van der Waals surface area contributed by atoms with Crippen molar-refractivity contribution in [2.24, 2.45) is 11.1 Å². The van der Waals surface area contributed by atoms with E-state index in [4.69, 9.17) is 5.73 Å². The number of nitrogens with zero attached hydrogens (tertiary/aromatic N) is 3. The second-order valence-electron chi connectivity index (χ2n) is 4.84. The first-order valence-electron chi connectivity index (χ1n) is 5.75. The molecule has 1 rings (SSSR count). The highest BCUT2D eigenvalue weighted by atomic mass is 15.1. The van der Waals surface area contributed by atoms with Crippen molar-refractivity contribution in [3.05, 3.63) is 24.3 Å². The van der Waals surface area contributed by atoms with Crippen LogP contribution in [0.15, 0.2) is 18.5 Å². The van der Waals surface area contributed by atoms with Gasteiger partial charge in [0.15, 0.2) is 0 Å². The molecule has 0 unspecified atom stereocenters. The Bertz CT molecular complexity index is 297. The van der Waals surface area contributed by atoms with Crippen LogP contribution in [0.4, 0.5) is 0 Å². The molecule has 0 saturated carbocycles. The summed E-state index contributed by atoms with van der Waals surface area (Å²) in [4.78, 5) is 10.8. The molecule has 0 radical (unpaired) electrons. The van der Waals surface area contributed by atoms with Gasteiger partial charge in [0.1, 0.15) is 5.82 Å². The van der Waals surface area contributed by atoms with Crippen molar-refractivity contribution in [1.29, 1.82) is 0 Å². The van der Waals surface area contributed by atoms with Crippen LogP contribution < -0.4 is 5.73 Å². The van der Waals surface area contributed by atoms with Gasteiger partial charge in [-0.15, -0.1) is 0 Å². The number of hydrogen-bond acceptors (Lipinski definition) is 4. The summed E-state index contributed by atoms with van der Waals surface area (Å²) < 4.78 is 0. The van der Waals surface area contributed by atoms with Crippen molar-refractivity contribution in [3.8, 4) is 0 Å². The lowest BCUT2D eigenvalue weighted by atomic mass is 9.93. The van der Waals surface area contributed by atoms with Crippen LogP contribution in [-0.2, 0) is 6.54 Å². The van der Waals surface area contributed by atoms with Crippen LogP contribution in [0.1, 0.15) is 26.6 Å². The van der Waals surface area contributed by atoms with Gasteiger partial charge in [-0.25, -0.2) is 9.97 Å². The highest BCUT2D eigenvalue weighted by molar-refractivity contribution is 4.89. The topological polar surface area (TPSA) is 55.0 Å². The average molecular weight is 222 g/mol. The lowest BCUT2D eigenvalue weighted by Gasteiger charge is -2.30. The number of hydrogen-bond donors (Lipinski definition) is 1. The Morgan fingerprint density at radius 1 is 1.31 bits per heavy atom. The van der Waals surface area contributed by atoms with Gasteiger partial charge in [0.25, 0.3) is 0 Å². The first-order chi connectivity index (χ1) is 7.57. The largest absolute Gasteiger partial charge is 0.330 e. The molecular weight excluding hydrogens is 200 g/mol. The summed E-state index contributed by atoms with van der Waals surface area (Å²) in [6.07, 6.45) is 3.56. The van der Waals surface area contributed by atoms with E-state index in [1.807, 2.05) is 6.07 Å². The van der Waals surface area contributed by atoms with E-state index in [1.165, 1.54) is 0 Å². The van der Waals surface area contributed by atoms with E-state index >= 15 is 0 Å². The zero-order valence-corrected chi connectivity index (χ0v) is 10.5. The fourth-order valence-corrected chi connectivity index (χ4v) is 1.56. The molecule has 0 aliphatic heterocycles. The molecule has 1 aromatic heterocycles. The maximum absolute atomic E-state index is 5.74. The Balaban J connectivity index is 2.56. The Kier molecular flexibility index (Phi) is 4.83. The van der Waals surface area contributed by atoms with Gasteiger partial charge in [-0.3, -0.25) is 4.90 Å². The molecule has 0 spiro atoms. The molecule has 0 aliphatic rings. The molecule has 4 heteroatoms. The quantitative estimate of drug-likeness (QED) is 0.788. The minimum atomic E-state index is 0.144. The lowest BCUT2D eigenvalue weighted by Crippen LogP contribution is -2.38. The Labute approximate surface area is 97.9 Å². The van der Waals surface area contributed by atoms with E-state index in [-0.39, 0.29) is 5.41 Å². The molecule has 90 valence electrons. The van der Waals surface area contributed by atoms with E-state index in [0.717, 1.165) is 25.5 Å². The molecule has 0 bridgehead atoms. The fourth-order valence-electron chi connectivity index (χ4n) is 1.56. The fraction of sp³-hybridized carbons (Fsp3) is 0.667. The summed E-state index contributed by atoms with van der Waals surface area (Å²) in [5, 5.41) is 0. The molecule has 0 aliphatic carbocycles. The molecule has 0 saturated heterocycles. The van der Waals surface area contributed by atoms with Crippen molar-refractivity contribution in [2.45, 2.75) is 27.3 Å². The summed E-state index contributed by atoms with van der Waals surface area (Å²) in [6, 6.07) is 1.84. The molecule has 0 atom stereocenters. The second kappa shape index (κ2) is 5.92. The summed E-state index contributed by atoms with van der Waals surface area (Å²) in [5.74, 6) is 0.872. The predicted molar refractivity (Wildman–Crippen MR) is 65.8 cm³/mol. The zero-order chi connectivity index (χ0) is 12.0. The van der Waals surface area contributed by atoms with E-state index in [2.05, 4.69) is 35.6 Å². The molecule has 0 aromatic carbocycles. The summed E-state index contributed by atoms with van der Waals surface area (Å²) in [6.45, 7) is 9.96. The molecule has 16 heavy (non-hydrogen) atoms. The highest BCUT2D eigenvalue weighted by Gasteiger charge is 2.19. The van der Waals surface area contributed by atoms with Gasteiger partial charge in [0.2, 0.25) is 0 Å². The summed E-state index contributed by atoms with van der Waals surface area (Å²) in [7, 11) is 0. The number of rotatable bonds is 6. The number of aromatic nitrogens is 2. The summed E-state index contributed by atoms with van der Waals surface area (Å²) in [5.41, 5.74) is 5.89. The SMILES string of the molecule is CCN(Cc1ncccn1)CC(C)(C)CN. The second-order valence-corrected chi connectivity index (χ2v) is 4.84. The van der Waals surface area contributed by atoms with Crippen molar-refractivity contribution in [1.82, 2.24) is 14.9 Å². The predicted octanol–water partition coefficient (Wildman–Crippen LogP) is 1.28. The van der Waals surface area contributed by atoms with Gasteiger partial charge in [-0.1, -0.05) is 20.8 Å². The van der Waals surface area contributed by atoms with E-state index < -0.39 is 0 Å². The third-order valence-corrected chi connectivity index (χ3v) is 2.64. The smallest absolute Gasteiger partial charge is 0.142 e. The third-order valence-electron chi connectivity index (χ3n) is 2.64. The lowest BCUT2D eigenvalue weighted by molar-refractivity contribution is 0.180. The average Bonchev–Trinajstić information content (AvgIpc) is 2.29. The minimum absolute atomic E-state index is 0.144. The molecule has 0 amide bonds. The number of nitrogens with two attached hydrogens (primary N) is 1. The highest BCUT2D eigenvalue weighted by Crippen LogP contribution is 2.15. The van der Waals surface area contributed by atoms with Crippen LogP contribution in [0.3, 0.4) is 0 Å². The van der Waals surface area contributed by atoms with Crippen LogP contribution in [0.5, 0.6) is 0 Å². The van der Waals surface area contributed by atoms with Crippen LogP contribution >= 0.6 is 0 Å².